The van der Waals surface area contributed by atoms with E-state index in [1.807, 2.05) is 0 Å². The van der Waals surface area contributed by atoms with E-state index < -0.39 is 35.5 Å². The van der Waals surface area contributed by atoms with Gasteiger partial charge in [0.15, 0.2) is 11.6 Å². The van der Waals surface area contributed by atoms with Crippen LogP contribution in [0.25, 0.3) is 0 Å². The number of aromatic carboxylic acids is 1. The molecule has 10 heteroatoms. The zero-order chi connectivity index (χ0) is 30.9. The van der Waals surface area contributed by atoms with E-state index in [4.69, 9.17) is 0 Å². The van der Waals surface area contributed by atoms with Crippen LogP contribution in [0.15, 0.2) is 71.6 Å². The number of rotatable bonds is 10. The summed E-state index contributed by atoms with van der Waals surface area (Å²) in [4.78, 5) is 37.5. The van der Waals surface area contributed by atoms with E-state index in [-0.39, 0.29) is 23.4 Å². The van der Waals surface area contributed by atoms with Crippen LogP contribution in [-0.4, -0.2) is 34.6 Å². The van der Waals surface area contributed by atoms with Gasteiger partial charge in [-0.15, -0.1) is 0 Å². The summed E-state index contributed by atoms with van der Waals surface area (Å²) in [5, 5.41) is 19.9. The van der Waals surface area contributed by atoms with Crippen LogP contribution in [0.3, 0.4) is 0 Å². The highest BCUT2D eigenvalue weighted by molar-refractivity contribution is 6.00. The van der Waals surface area contributed by atoms with Crippen LogP contribution in [0.5, 0.6) is 0 Å². The predicted octanol–water partition coefficient (Wildman–Crippen LogP) is 5.70. The summed E-state index contributed by atoms with van der Waals surface area (Å²) in [6, 6.07) is 6.08. The first-order chi connectivity index (χ1) is 19.4. The highest BCUT2D eigenvalue weighted by atomic mass is 19.2. The number of hydrogen-bond donors (Lipinski definition) is 3. The van der Waals surface area contributed by atoms with Crippen molar-refractivity contribution in [3.05, 3.63) is 106 Å². The van der Waals surface area contributed by atoms with Crippen molar-refractivity contribution in [2.24, 2.45) is 5.10 Å². The number of carboxylic acids is 1. The summed E-state index contributed by atoms with van der Waals surface area (Å²) >= 11 is 0. The molecule has 0 bridgehead atoms. The van der Waals surface area contributed by atoms with Gasteiger partial charge in [-0.25, -0.2) is 18.6 Å². The first-order valence-electron chi connectivity index (χ1n) is 13.1. The minimum Gasteiger partial charge on any atom is -0.478 e. The van der Waals surface area contributed by atoms with Crippen LogP contribution >= 0.6 is 0 Å². The molecule has 2 amide bonds. The van der Waals surface area contributed by atoms with Gasteiger partial charge in [-0.3, -0.25) is 9.59 Å². The van der Waals surface area contributed by atoms with Gasteiger partial charge in [0.05, 0.1) is 11.6 Å². The zero-order valence-corrected chi connectivity index (χ0v) is 23.8. The Labute approximate surface area is 239 Å². The second-order valence-corrected chi connectivity index (χ2v) is 9.56. The maximum Gasteiger partial charge on any atom is 0.335 e. The summed E-state index contributed by atoms with van der Waals surface area (Å²) < 4.78 is 26.6. The van der Waals surface area contributed by atoms with Crippen LogP contribution < -0.4 is 10.6 Å². The average Bonchev–Trinajstić information content (AvgIpc) is 3.32. The SMILES string of the molecule is C=NN(C(=C)C)/C(=C\C(=C)C(=O)NCc1ccc(F)c(F)c1)C(=O)NC1CCc2c1ccc(C(=O)O)c2C.CCC. The highest BCUT2D eigenvalue weighted by Crippen LogP contribution is 2.35. The van der Waals surface area contributed by atoms with Crippen molar-refractivity contribution < 1.29 is 28.3 Å². The Bertz CT molecular complexity index is 1400. The van der Waals surface area contributed by atoms with E-state index in [0.29, 0.717) is 29.7 Å². The number of nitrogens with one attached hydrogen (secondary N) is 2. The van der Waals surface area contributed by atoms with Crippen molar-refractivity contribution >= 4 is 24.5 Å². The second kappa shape index (κ2) is 14.7. The Morgan fingerprint density at radius 3 is 2.34 bits per heavy atom. The van der Waals surface area contributed by atoms with E-state index in [1.54, 1.807) is 19.9 Å². The maximum atomic E-state index is 13.4. The fraction of sp³-hybridized carbons (Fsp3) is 0.290. The Balaban J connectivity index is 0.00000187. The van der Waals surface area contributed by atoms with Crippen molar-refractivity contribution in [3.63, 3.8) is 0 Å². The van der Waals surface area contributed by atoms with Gasteiger partial charge < -0.3 is 15.7 Å². The van der Waals surface area contributed by atoms with Gasteiger partial charge >= 0.3 is 5.97 Å². The fourth-order valence-electron chi connectivity index (χ4n) is 4.30. The van der Waals surface area contributed by atoms with E-state index >= 15 is 0 Å². The molecule has 0 saturated carbocycles. The Hall–Kier alpha value is -4.60. The van der Waals surface area contributed by atoms with Crippen LogP contribution in [0, 0.1) is 18.6 Å². The van der Waals surface area contributed by atoms with Gasteiger partial charge in [0, 0.05) is 24.5 Å². The lowest BCUT2D eigenvalue weighted by Gasteiger charge is -2.23. The first kappa shape index (κ1) is 32.6. The number of benzene rings is 2. The number of allylic oxidation sites excluding steroid dienone is 1. The third kappa shape index (κ3) is 8.20. The second-order valence-electron chi connectivity index (χ2n) is 9.56. The standard InChI is InChI=1S/C28H28F2N4O4.C3H8/c1-15(2)34(31-5)25(12-16(3)26(35)32-14-18-6-10-22(29)23(30)13-18)27(36)33-24-11-9-19-17(4)20(28(37)38)7-8-21(19)24;1-3-2/h6-8,10,12-13,24H,1,3,5,9,11,14H2,2,4H3,(H,32,35)(H,33,36)(H,37,38);3H2,1-2H3/b25-12-;. The third-order valence-electron chi connectivity index (χ3n) is 6.23. The molecule has 1 unspecified atom stereocenters. The Morgan fingerprint density at radius 1 is 1.12 bits per heavy atom. The molecule has 8 nitrogen and oxygen atoms in total. The maximum absolute atomic E-state index is 13.4. The van der Waals surface area contributed by atoms with Gasteiger partial charge in [-0.2, -0.15) is 5.10 Å². The van der Waals surface area contributed by atoms with E-state index in [9.17, 15) is 28.3 Å². The number of halogens is 2. The zero-order valence-electron chi connectivity index (χ0n) is 23.8. The first-order valence-corrected chi connectivity index (χ1v) is 13.1. The number of carbonyl (C=O) groups is 3. The number of hydrazone groups is 1. The Morgan fingerprint density at radius 2 is 1.78 bits per heavy atom. The summed E-state index contributed by atoms with van der Waals surface area (Å²) in [7, 11) is 0. The summed E-state index contributed by atoms with van der Waals surface area (Å²) in [6.07, 6.45) is 3.63. The molecule has 41 heavy (non-hydrogen) atoms. The molecule has 1 aliphatic carbocycles. The van der Waals surface area contributed by atoms with Crippen molar-refractivity contribution in [3.8, 4) is 0 Å². The minimum atomic E-state index is -1.04. The van der Waals surface area contributed by atoms with E-state index in [2.05, 4.69) is 49.5 Å². The average molecular weight is 567 g/mol. The van der Waals surface area contributed by atoms with Crippen LogP contribution in [0.2, 0.25) is 0 Å². The van der Waals surface area contributed by atoms with Gasteiger partial charge in [0.2, 0.25) is 0 Å². The van der Waals surface area contributed by atoms with Gasteiger partial charge in [0.1, 0.15) is 5.70 Å². The lowest BCUT2D eigenvalue weighted by molar-refractivity contribution is -0.119. The van der Waals surface area contributed by atoms with Gasteiger partial charge in [-0.05, 0) is 73.2 Å². The number of fused-ring (bicyclic) bond motifs is 1. The lowest BCUT2D eigenvalue weighted by Crippen LogP contribution is -2.34. The highest BCUT2D eigenvalue weighted by Gasteiger charge is 2.29. The molecule has 0 aliphatic heterocycles. The van der Waals surface area contributed by atoms with Crippen molar-refractivity contribution in [1.29, 1.82) is 0 Å². The lowest BCUT2D eigenvalue weighted by atomic mass is 9.98. The molecule has 1 atom stereocenters. The molecule has 218 valence electrons. The van der Waals surface area contributed by atoms with E-state index in [1.165, 1.54) is 24.6 Å². The topological polar surface area (TPSA) is 111 Å². The van der Waals surface area contributed by atoms with Crippen molar-refractivity contribution in [1.82, 2.24) is 15.6 Å². The fourth-order valence-corrected chi connectivity index (χ4v) is 4.30. The van der Waals surface area contributed by atoms with Crippen LogP contribution in [0.4, 0.5) is 8.78 Å². The largest absolute Gasteiger partial charge is 0.478 e. The molecule has 0 fully saturated rings. The number of nitrogens with zero attached hydrogens (tertiary/aromatic N) is 2. The molecular weight excluding hydrogens is 530 g/mol. The molecule has 0 heterocycles. The summed E-state index contributed by atoms with van der Waals surface area (Å²) in [6.45, 7) is 18.5. The third-order valence-corrected chi connectivity index (χ3v) is 6.23. The molecule has 0 aromatic heterocycles. The smallest absolute Gasteiger partial charge is 0.335 e. The quantitative estimate of drug-likeness (QED) is 0.148. The number of amides is 2. The van der Waals surface area contributed by atoms with E-state index in [0.717, 1.165) is 28.3 Å². The number of carboxylic acid groups (broad SMARTS) is 1. The molecule has 3 N–H and O–H groups in total. The van der Waals surface area contributed by atoms with Crippen molar-refractivity contribution in [2.75, 3.05) is 0 Å². The molecular formula is C31H36F2N4O4. The summed E-state index contributed by atoms with van der Waals surface area (Å²) in [5.41, 5.74) is 3.09. The monoisotopic (exact) mass is 566 g/mol. The molecule has 1 aliphatic rings. The normalized spacial score (nSPS) is 13.7. The number of carbonyl (C=O) groups excluding carboxylic acids is 2. The predicted molar refractivity (Wildman–Crippen MR) is 155 cm³/mol. The molecule has 0 radical (unpaired) electrons. The van der Waals surface area contributed by atoms with Crippen molar-refractivity contribution in [2.45, 2.75) is 59.5 Å². The van der Waals surface area contributed by atoms with Gasteiger partial charge in [-0.1, -0.05) is 45.6 Å². The molecule has 0 saturated heterocycles. The molecule has 3 rings (SSSR count). The molecule has 2 aromatic carbocycles. The minimum absolute atomic E-state index is 0.0622. The van der Waals surface area contributed by atoms with Crippen LogP contribution in [-0.2, 0) is 22.6 Å². The summed E-state index contributed by atoms with van der Waals surface area (Å²) in [5.74, 6) is -4.27. The number of hydrogen-bond acceptors (Lipinski definition) is 5. The van der Waals surface area contributed by atoms with Crippen LogP contribution in [0.1, 0.15) is 72.3 Å². The Kier molecular flexibility index (Phi) is 11.7. The molecule has 2 aromatic rings. The molecule has 0 spiro atoms. The van der Waals surface area contributed by atoms with Gasteiger partial charge in [0.25, 0.3) is 11.8 Å².